The molecule has 1 unspecified atom stereocenters. The zero-order valence-electron chi connectivity index (χ0n) is 13.6. The van der Waals surface area contributed by atoms with Crippen LogP contribution in [-0.4, -0.2) is 32.1 Å². The fraction of sp³-hybridized carbons (Fsp3) is 0.278. The van der Waals surface area contributed by atoms with Crippen molar-refractivity contribution >= 4 is 11.7 Å². The van der Waals surface area contributed by atoms with E-state index in [1.54, 1.807) is 17.2 Å². The molecule has 0 bridgehead atoms. The maximum atomic E-state index is 12.5. The molecule has 1 N–H and O–H groups in total. The van der Waals surface area contributed by atoms with E-state index in [0.717, 1.165) is 18.4 Å². The van der Waals surface area contributed by atoms with Crippen molar-refractivity contribution in [3.8, 4) is 0 Å². The molecule has 1 saturated heterocycles. The van der Waals surface area contributed by atoms with Crippen LogP contribution in [0.15, 0.2) is 53.5 Å². The Labute approximate surface area is 143 Å². The van der Waals surface area contributed by atoms with E-state index in [2.05, 4.69) is 10.1 Å². The monoisotopic (exact) mass is 338 g/mol. The predicted octanol–water partition coefficient (Wildman–Crippen LogP) is 2.50. The first-order valence-electron chi connectivity index (χ1n) is 8.27. The normalized spacial score (nSPS) is 17.1. The zero-order chi connectivity index (χ0) is 17.2. The predicted molar refractivity (Wildman–Crippen MR) is 91.1 cm³/mol. The molecule has 1 aromatic carbocycles. The van der Waals surface area contributed by atoms with Gasteiger partial charge in [0.2, 0.25) is 0 Å². The van der Waals surface area contributed by atoms with Gasteiger partial charge in [-0.25, -0.2) is 14.3 Å². The number of hydrogen-bond donors (Lipinski definition) is 1. The van der Waals surface area contributed by atoms with Crippen molar-refractivity contribution in [1.82, 2.24) is 19.5 Å². The highest BCUT2D eigenvalue weighted by atomic mass is 16.6. The molecular weight excluding hydrogens is 320 g/mol. The Morgan fingerprint density at radius 1 is 1.28 bits per heavy atom. The van der Waals surface area contributed by atoms with E-state index in [1.807, 2.05) is 30.3 Å². The number of amides is 1. The van der Waals surface area contributed by atoms with Gasteiger partial charge in [0.15, 0.2) is 5.65 Å². The number of rotatable bonds is 3. The average Bonchev–Trinajstić information content (AvgIpc) is 3.29. The molecule has 2 aromatic heterocycles. The highest BCUT2D eigenvalue weighted by Crippen LogP contribution is 2.31. The molecule has 0 saturated carbocycles. The van der Waals surface area contributed by atoms with Gasteiger partial charge in [-0.2, -0.15) is 0 Å². The smallest absolute Gasteiger partial charge is 0.410 e. The fourth-order valence-corrected chi connectivity index (χ4v) is 3.21. The van der Waals surface area contributed by atoms with E-state index in [4.69, 9.17) is 4.74 Å². The molecule has 7 heteroatoms. The third kappa shape index (κ3) is 3.00. The molecule has 1 aliphatic heterocycles. The molecular formula is C18H18N4O3. The molecule has 1 amide bonds. The number of nitrogens with one attached hydrogen (secondary N) is 1. The van der Waals surface area contributed by atoms with Crippen LogP contribution in [0.3, 0.4) is 0 Å². The number of benzene rings is 1. The number of ether oxygens (including phenoxy) is 1. The summed E-state index contributed by atoms with van der Waals surface area (Å²) >= 11 is 0. The molecule has 1 aliphatic rings. The van der Waals surface area contributed by atoms with Crippen LogP contribution < -0.4 is 5.56 Å². The number of aromatic nitrogens is 3. The van der Waals surface area contributed by atoms with E-state index in [-0.39, 0.29) is 24.3 Å². The lowest BCUT2D eigenvalue weighted by atomic mass is 10.1. The standard InChI is InChI=1S/C18H18N4O3/c23-17-11-14(20-16-8-9-19-22(16)17)15-7-4-10-21(15)18(24)25-12-13-5-2-1-3-6-13/h1-3,5-6,8-9,11,15,19H,4,7,10,12H2. The number of likely N-dealkylation sites (tertiary alicyclic amines) is 1. The minimum absolute atomic E-state index is 0.186. The lowest BCUT2D eigenvalue weighted by Crippen LogP contribution is -2.32. The Morgan fingerprint density at radius 2 is 2.12 bits per heavy atom. The van der Waals surface area contributed by atoms with Crippen molar-refractivity contribution in [2.24, 2.45) is 0 Å². The van der Waals surface area contributed by atoms with Gasteiger partial charge in [0, 0.05) is 24.9 Å². The molecule has 128 valence electrons. The maximum Gasteiger partial charge on any atom is 0.410 e. The fourth-order valence-electron chi connectivity index (χ4n) is 3.21. The number of hydrogen-bond acceptors (Lipinski definition) is 4. The molecule has 3 heterocycles. The summed E-state index contributed by atoms with van der Waals surface area (Å²) in [5.74, 6) is 0. The summed E-state index contributed by atoms with van der Waals surface area (Å²) in [6.45, 7) is 0.836. The molecule has 25 heavy (non-hydrogen) atoms. The van der Waals surface area contributed by atoms with Crippen LogP contribution in [0.25, 0.3) is 5.65 Å². The number of aromatic amines is 1. The Bertz CT molecular complexity index is 948. The summed E-state index contributed by atoms with van der Waals surface area (Å²) < 4.78 is 6.81. The van der Waals surface area contributed by atoms with Crippen LogP contribution in [0, 0.1) is 0 Å². The topological polar surface area (TPSA) is 79.7 Å². The van der Waals surface area contributed by atoms with Crippen molar-refractivity contribution in [2.75, 3.05) is 6.54 Å². The van der Waals surface area contributed by atoms with Crippen LogP contribution in [0.2, 0.25) is 0 Å². The second-order valence-electron chi connectivity index (χ2n) is 6.07. The SMILES string of the molecule is O=C(OCc1ccccc1)N1CCCC1c1cc(=O)n2[nH]ccc2n1. The molecule has 1 atom stereocenters. The van der Waals surface area contributed by atoms with Crippen LogP contribution in [0.4, 0.5) is 4.79 Å². The van der Waals surface area contributed by atoms with Crippen molar-refractivity contribution < 1.29 is 9.53 Å². The molecule has 0 spiro atoms. The highest BCUT2D eigenvalue weighted by molar-refractivity contribution is 5.68. The van der Waals surface area contributed by atoms with Crippen LogP contribution >= 0.6 is 0 Å². The van der Waals surface area contributed by atoms with Gasteiger partial charge >= 0.3 is 6.09 Å². The van der Waals surface area contributed by atoms with E-state index in [0.29, 0.717) is 17.9 Å². The average molecular weight is 338 g/mol. The minimum atomic E-state index is -0.373. The summed E-state index contributed by atoms with van der Waals surface area (Å²) in [7, 11) is 0. The van der Waals surface area contributed by atoms with Crippen molar-refractivity contribution in [3.05, 3.63) is 70.3 Å². The van der Waals surface area contributed by atoms with Gasteiger partial charge in [-0.1, -0.05) is 30.3 Å². The summed E-state index contributed by atoms with van der Waals surface area (Å²) in [6, 6.07) is 12.6. The summed E-state index contributed by atoms with van der Waals surface area (Å²) in [5.41, 5.74) is 1.91. The van der Waals surface area contributed by atoms with Crippen LogP contribution in [-0.2, 0) is 11.3 Å². The third-order valence-electron chi connectivity index (χ3n) is 4.43. The largest absolute Gasteiger partial charge is 0.445 e. The Kier molecular flexibility index (Phi) is 3.97. The van der Waals surface area contributed by atoms with Gasteiger partial charge < -0.3 is 4.74 Å². The van der Waals surface area contributed by atoms with Crippen molar-refractivity contribution in [3.63, 3.8) is 0 Å². The molecule has 0 radical (unpaired) electrons. The first-order chi connectivity index (χ1) is 12.2. The molecule has 4 rings (SSSR count). The van der Waals surface area contributed by atoms with E-state index in [9.17, 15) is 9.59 Å². The lowest BCUT2D eigenvalue weighted by molar-refractivity contribution is 0.0915. The second kappa shape index (κ2) is 6.43. The third-order valence-corrected chi connectivity index (χ3v) is 4.43. The van der Waals surface area contributed by atoms with Gasteiger partial charge in [0.05, 0.1) is 11.7 Å². The molecule has 3 aromatic rings. The van der Waals surface area contributed by atoms with Gasteiger partial charge in [-0.15, -0.1) is 0 Å². The van der Waals surface area contributed by atoms with Gasteiger partial charge in [0.1, 0.15) is 6.61 Å². The zero-order valence-corrected chi connectivity index (χ0v) is 13.6. The number of fused-ring (bicyclic) bond motifs is 1. The van der Waals surface area contributed by atoms with E-state index < -0.39 is 0 Å². The van der Waals surface area contributed by atoms with Gasteiger partial charge in [0.25, 0.3) is 5.56 Å². The van der Waals surface area contributed by atoms with Crippen LogP contribution in [0.5, 0.6) is 0 Å². The first kappa shape index (κ1) is 15.4. The Balaban J connectivity index is 1.53. The molecule has 7 nitrogen and oxygen atoms in total. The number of carbonyl (C=O) groups excluding carboxylic acids is 1. The Hall–Kier alpha value is -3.09. The number of carbonyl (C=O) groups is 1. The maximum absolute atomic E-state index is 12.5. The summed E-state index contributed by atoms with van der Waals surface area (Å²) in [5, 5.41) is 2.81. The molecule has 1 fully saturated rings. The number of H-pyrrole nitrogens is 1. The Morgan fingerprint density at radius 3 is 2.96 bits per heavy atom. The summed E-state index contributed by atoms with van der Waals surface area (Å²) in [4.78, 5) is 30.8. The lowest BCUT2D eigenvalue weighted by Gasteiger charge is -2.23. The van der Waals surface area contributed by atoms with Crippen molar-refractivity contribution in [1.29, 1.82) is 0 Å². The first-order valence-corrected chi connectivity index (χ1v) is 8.27. The summed E-state index contributed by atoms with van der Waals surface area (Å²) in [6.07, 6.45) is 2.92. The second-order valence-corrected chi connectivity index (χ2v) is 6.07. The van der Waals surface area contributed by atoms with E-state index in [1.165, 1.54) is 10.6 Å². The number of nitrogens with zero attached hydrogens (tertiary/aromatic N) is 3. The molecule has 0 aliphatic carbocycles. The van der Waals surface area contributed by atoms with E-state index >= 15 is 0 Å². The highest BCUT2D eigenvalue weighted by Gasteiger charge is 2.32. The quantitative estimate of drug-likeness (QED) is 0.796. The van der Waals surface area contributed by atoms with Crippen LogP contribution in [0.1, 0.15) is 30.1 Å². The van der Waals surface area contributed by atoms with Gasteiger partial charge in [-0.3, -0.25) is 14.8 Å². The minimum Gasteiger partial charge on any atom is -0.445 e. The van der Waals surface area contributed by atoms with Gasteiger partial charge in [-0.05, 0) is 18.4 Å². The van der Waals surface area contributed by atoms with Crippen molar-refractivity contribution in [2.45, 2.75) is 25.5 Å².